The number of aromatic nitrogens is 4. The zero-order valence-electron chi connectivity index (χ0n) is 17.2. The molecule has 1 rings (SSSR count). The van der Waals surface area contributed by atoms with Gasteiger partial charge >= 0.3 is 0 Å². The minimum Gasteiger partial charge on any atom is -0.226 e. The standard InChI is InChI=1S/C21H42N4/c1-4-7-8-9-10-11-12-13-14-15-16-17-18-19-21(5-2,6-3)25-20-22-23-24-25/h20H,4-19H2,1-3H3. The molecule has 0 aliphatic heterocycles. The minimum absolute atomic E-state index is 0.126. The number of hydrogen-bond acceptors (Lipinski definition) is 3. The lowest BCUT2D eigenvalue weighted by Gasteiger charge is -2.31. The van der Waals surface area contributed by atoms with Crippen molar-refractivity contribution in [1.29, 1.82) is 0 Å². The van der Waals surface area contributed by atoms with Gasteiger partial charge in [-0.15, -0.1) is 5.10 Å². The van der Waals surface area contributed by atoms with Crippen LogP contribution in [0, 0.1) is 0 Å². The van der Waals surface area contributed by atoms with Gasteiger partial charge in [0.15, 0.2) is 0 Å². The molecule has 0 aliphatic rings. The molecule has 4 nitrogen and oxygen atoms in total. The molecule has 0 atom stereocenters. The highest BCUT2D eigenvalue weighted by Gasteiger charge is 2.28. The summed E-state index contributed by atoms with van der Waals surface area (Å²) in [6.45, 7) is 6.80. The van der Waals surface area contributed by atoms with Gasteiger partial charge < -0.3 is 0 Å². The van der Waals surface area contributed by atoms with E-state index in [0.29, 0.717) is 0 Å². The third-order valence-electron chi connectivity index (χ3n) is 5.90. The number of tetrazole rings is 1. The molecule has 0 radical (unpaired) electrons. The van der Waals surface area contributed by atoms with E-state index in [-0.39, 0.29) is 5.54 Å². The second-order valence-corrected chi connectivity index (χ2v) is 7.68. The molecule has 1 aromatic heterocycles. The second-order valence-electron chi connectivity index (χ2n) is 7.68. The fraction of sp³-hybridized carbons (Fsp3) is 0.952. The van der Waals surface area contributed by atoms with E-state index in [4.69, 9.17) is 0 Å². The fourth-order valence-corrected chi connectivity index (χ4v) is 3.89. The zero-order chi connectivity index (χ0) is 18.2. The average molecular weight is 351 g/mol. The Labute approximate surface area is 156 Å². The summed E-state index contributed by atoms with van der Waals surface area (Å²) in [6, 6.07) is 0. The monoisotopic (exact) mass is 350 g/mol. The summed E-state index contributed by atoms with van der Waals surface area (Å²) in [7, 11) is 0. The van der Waals surface area contributed by atoms with Crippen LogP contribution >= 0.6 is 0 Å². The first-order valence-electron chi connectivity index (χ1n) is 11.0. The van der Waals surface area contributed by atoms with Crippen molar-refractivity contribution < 1.29 is 0 Å². The summed E-state index contributed by atoms with van der Waals surface area (Å²) in [4.78, 5) is 0. The molecule has 0 aliphatic carbocycles. The lowest BCUT2D eigenvalue weighted by Crippen LogP contribution is -2.33. The van der Waals surface area contributed by atoms with E-state index in [2.05, 4.69) is 36.3 Å². The highest BCUT2D eigenvalue weighted by atomic mass is 15.5. The van der Waals surface area contributed by atoms with Gasteiger partial charge in [0.05, 0.1) is 5.54 Å². The highest BCUT2D eigenvalue weighted by Crippen LogP contribution is 2.30. The molecular weight excluding hydrogens is 308 g/mol. The lowest BCUT2D eigenvalue weighted by molar-refractivity contribution is 0.203. The number of nitrogens with zero attached hydrogens (tertiary/aromatic N) is 4. The molecule has 0 bridgehead atoms. The summed E-state index contributed by atoms with van der Waals surface area (Å²) >= 11 is 0. The van der Waals surface area contributed by atoms with Crippen LogP contribution in [0.15, 0.2) is 6.33 Å². The van der Waals surface area contributed by atoms with Crippen LogP contribution in [-0.4, -0.2) is 20.2 Å². The largest absolute Gasteiger partial charge is 0.226 e. The van der Waals surface area contributed by atoms with Crippen molar-refractivity contribution >= 4 is 0 Å². The normalized spacial score (nSPS) is 12.0. The molecule has 0 aromatic carbocycles. The fourth-order valence-electron chi connectivity index (χ4n) is 3.89. The molecule has 25 heavy (non-hydrogen) atoms. The molecule has 0 amide bonds. The Morgan fingerprint density at radius 3 is 1.56 bits per heavy atom. The predicted octanol–water partition coefficient (Wildman–Crippen LogP) is 6.67. The molecule has 0 fully saturated rings. The molecule has 1 aromatic rings. The van der Waals surface area contributed by atoms with Crippen LogP contribution in [0.1, 0.15) is 124 Å². The van der Waals surface area contributed by atoms with Crippen LogP contribution in [0.4, 0.5) is 0 Å². The highest BCUT2D eigenvalue weighted by molar-refractivity contribution is 4.82. The second kappa shape index (κ2) is 14.3. The number of hydrogen-bond donors (Lipinski definition) is 0. The van der Waals surface area contributed by atoms with Gasteiger partial charge in [-0.25, -0.2) is 4.68 Å². The SMILES string of the molecule is CCCCCCCCCCCCCCCC(CC)(CC)n1cnnn1. The topological polar surface area (TPSA) is 43.6 Å². The van der Waals surface area contributed by atoms with Crippen molar-refractivity contribution in [3.8, 4) is 0 Å². The minimum atomic E-state index is 0.126. The first-order valence-corrected chi connectivity index (χ1v) is 11.0. The summed E-state index contributed by atoms with van der Waals surface area (Å²) < 4.78 is 1.99. The Kier molecular flexibility index (Phi) is 12.6. The summed E-state index contributed by atoms with van der Waals surface area (Å²) in [5, 5.41) is 11.8. The Bertz CT molecular complexity index is 385. The van der Waals surface area contributed by atoms with Crippen molar-refractivity contribution in [1.82, 2.24) is 20.2 Å². The Morgan fingerprint density at radius 2 is 1.16 bits per heavy atom. The zero-order valence-corrected chi connectivity index (χ0v) is 17.2. The van der Waals surface area contributed by atoms with Gasteiger partial charge in [0.25, 0.3) is 0 Å². The van der Waals surface area contributed by atoms with E-state index in [1.807, 2.05) is 4.68 Å². The van der Waals surface area contributed by atoms with Gasteiger partial charge in [-0.3, -0.25) is 0 Å². The van der Waals surface area contributed by atoms with Crippen molar-refractivity contribution in [3.05, 3.63) is 6.33 Å². The van der Waals surface area contributed by atoms with E-state index >= 15 is 0 Å². The Hall–Kier alpha value is -0.930. The van der Waals surface area contributed by atoms with Gasteiger partial charge in [-0.05, 0) is 29.7 Å². The Morgan fingerprint density at radius 1 is 0.680 bits per heavy atom. The van der Waals surface area contributed by atoms with Gasteiger partial charge in [-0.1, -0.05) is 104 Å². The molecule has 0 N–H and O–H groups in total. The van der Waals surface area contributed by atoms with Crippen LogP contribution in [0.3, 0.4) is 0 Å². The lowest BCUT2D eigenvalue weighted by atomic mass is 9.87. The summed E-state index contributed by atoms with van der Waals surface area (Å²) in [5.74, 6) is 0. The smallest absolute Gasteiger partial charge is 0.138 e. The first-order chi connectivity index (χ1) is 12.3. The van der Waals surface area contributed by atoms with Gasteiger partial charge in [0.1, 0.15) is 6.33 Å². The van der Waals surface area contributed by atoms with Crippen molar-refractivity contribution in [2.24, 2.45) is 0 Å². The average Bonchev–Trinajstić information content (AvgIpc) is 3.18. The molecule has 146 valence electrons. The van der Waals surface area contributed by atoms with Crippen molar-refractivity contribution in [2.45, 2.75) is 129 Å². The summed E-state index contributed by atoms with van der Waals surface area (Å²) in [6.07, 6.45) is 23.5. The maximum absolute atomic E-state index is 4.17. The predicted molar refractivity (Wildman–Crippen MR) is 107 cm³/mol. The van der Waals surface area contributed by atoms with E-state index in [9.17, 15) is 0 Å². The van der Waals surface area contributed by atoms with Crippen LogP contribution in [0.2, 0.25) is 0 Å². The molecule has 0 saturated heterocycles. The van der Waals surface area contributed by atoms with Gasteiger partial charge in [-0.2, -0.15) is 0 Å². The molecular formula is C21H42N4. The maximum Gasteiger partial charge on any atom is 0.138 e. The maximum atomic E-state index is 4.17. The Balaban J connectivity index is 1.99. The molecule has 4 heteroatoms. The van der Waals surface area contributed by atoms with Crippen molar-refractivity contribution in [3.63, 3.8) is 0 Å². The van der Waals surface area contributed by atoms with Crippen LogP contribution in [-0.2, 0) is 5.54 Å². The third kappa shape index (κ3) is 8.82. The van der Waals surface area contributed by atoms with E-state index in [1.54, 1.807) is 6.33 Å². The van der Waals surface area contributed by atoms with Gasteiger partial charge in [0, 0.05) is 0 Å². The molecule has 0 saturated carbocycles. The van der Waals surface area contributed by atoms with Crippen molar-refractivity contribution in [2.75, 3.05) is 0 Å². The van der Waals surface area contributed by atoms with E-state index in [1.165, 1.54) is 89.9 Å². The van der Waals surface area contributed by atoms with Gasteiger partial charge in [0.2, 0.25) is 0 Å². The summed E-state index contributed by atoms with van der Waals surface area (Å²) in [5.41, 5.74) is 0.126. The van der Waals surface area contributed by atoms with Crippen LogP contribution in [0.25, 0.3) is 0 Å². The quantitative estimate of drug-likeness (QED) is 0.295. The first kappa shape index (κ1) is 22.1. The number of rotatable bonds is 17. The molecule has 0 unspecified atom stereocenters. The van der Waals surface area contributed by atoms with E-state index < -0.39 is 0 Å². The number of unbranched alkanes of at least 4 members (excludes halogenated alkanes) is 12. The molecule has 1 heterocycles. The van der Waals surface area contributed by atoms with E-state index in [0.717, 1.165) is 12.8 Å². The van der Waals surface area contributed by atoms with Crippen LogP contribution in [0.5, 0.6) is 0 Å². The van der Waals surface area contributed by atoms with Crippen LogP contribution < -0.4 is 0 Å². The molecule has 0 spiro atoms. The third-order valence-corrected chi connectivity index (χ3v) is 5.90.